The zero-order valence-electron chi connectivity index (χ0n) is 31.6. The molecule has 0 aliphatic heterocycles. The fraction of sp³-hybridized carbons (Fsp3) is 0.286. The van der Waals surface area contributed by atoms with Crippen LogP contribution >= 0.6 is 0 Å². The Balaban J connectivity index is 1.62. The van der Waals surface area contributed by atoms with Crippen molar-refractivity contribution in [3.8, 4) is 45.4 Å². The lowest BCUT2D eigenvalue weighted by atomic mass is 10.0. The summed E-state index contributed by atoms with van der Waals surface area (Å²) in [5, 5.41) is 0. The minimum Gasteiger partial charge on any atom is -0.494 e. The number of ketones is 1. The summed E-state index contributed by atoms with van der Waals surface area (Å²) >= 11 is 0. The maximum atomic E-state index is 15.4. The van der Waals surface area contributed by atoms with Gasteiger partial charge in [0.25, 0.3) is 0 Å². The number of methoxy groups -OCH3 is 4. The van der Waals surface area contributed by atoms with Crippen molar-refractivity contribution in [2.75, 3.05) is 61.4 Å². The van der Waals surface area contributed by atoms with E-state index in [1.807, 2.05) is 0 Å². The van der Waals surface area contributed by atoms with Crippen LogP contribution in [0.25, 0.3) is 33.9 Å². The van der Waals surface area contributed by atoms with Crippen LogP contribution in [-0.2, 0) is 25.5 Å². The molecule has 2 N–H and O–H groups in total. The lowest BCUT2D eigenvalue weighted by molar-refractivity contribution is 0.0489. The zero-order valence-corrected chi connectivity index (χ0v) is 31.6. The van der Waals surface area contributed by atoms with Crippen molar-refractivity contribution in [1.82, 2.24) is 9.55 Å². The number of Topliss-reactive ketones (excluding diaryl/α,β-unsaturated/α-hetero) is 1. The van der Waals surface area contributed by atoms with Crippen molar-refractivity contribution < 1.29 is 51.6 Å². The van der Waals surface area contributed by atoms with E-state index in [2.05, 4.69) is 0 Å². The van der Waals surface area contributed by atoms with Crippen molar-refractivity contribution in [2.24, 2.45) is 5.73 Å². The molecule has 14 heteroatoms. The maximum Gasteiger partial charge on any atom is 0.337 e. The molecule has 0 aliphatic carbocycles. The van der Waals surface area contributed by atoms with Crippen LogP contribution in [0, 0.1) is 11.6 Å². The Labute approximate surface area is 323 Å². The second kappa shape index (κ2) is 19.6. The Morgan fingerprint density at radius 3 is 1.79 bits per heavy atom. The number of esters is 2. The van der Waals surface area contributed by atoms with Gasteiger partial charge in [0, 0.05) is 48.4 Å². The van der Waals surface area contributed by atoms with Crippen molar-refractivity contribution in [2.45, 2.75) is 19.4 Å². The summed E-state index contributed by atoms with van der Waals surface area (Å²) in [4.78, 5) is 43.7. The van der Waals surface area contributed by atoms with Crippen molar-refractivity contribution in [3.05, 3.63) is 113 Å². The van der Waals surface area contributed by atoms with E-state index in [-0.39, 0.29) is 52.9 Å². The Morgan fingerprint density at radius 2 is 1.23 bits per heavy atom. The normalized spacial score (nSPS) is 11.0. The predicted molar refractivity (Wildman–Crippen MR) is 204 cm³/mol. The molecule has 0 radical (unpaired) electrons. The molecule has 0 amide bonds. The van der Waals surface area contributed by atoms with Crippen LogP contribution in [0.3, 0.4) is 0 Å². The van der Waals surface area contributed by atoms with Gasteiger partial charge in [-0.2, -0.15) is 0 Å². The van der Waals surface area contributed by atoms with Gasteiger partial charge in [-0.3, -0.25) is 4.79 Å². The quantitative estimate of drug-likeness (QED) is 0.0539. The van der Waals surface area contributed by atoms with E-state index >= 15 is 8.78 Å². The minimum absolute atomic E-state index is 0.00826. The van der Waals surface area contributed by atoms with Gasteiger partial charge in [-0.15, -0.1) is 0 Å². The molecule has 0 unspecified atom stereocenters. The molecule has 0 aliphatic rings. The number of rotatable bonds is 19. The van der Waals surface area contributed by atoms with Gasteiger partial charge >= 0.3 is 11.9 Å². The van der Waals surface area contributed by atoms with Crippen LogP contribution in [0.5, 0.6) is 11.5 Å². The highest BCUT2D eigenvalue weighted by Crippen LogP contribution is 2.40. The molecular weight excluding hydrogens is 728 g/mol. The average Bonchev–Trinajstić information content (AvgIpc) is 3.59. The molecule has 5 aromatic rings. The molecule has 0 atom stereocenters. The van der Waals surface area contributed by atoms with E-state index in [1.54, 1.807) is 41.0 Å². The van der Waals surface area contributed by atoms with E-state index in [4.69, 9.17) is 39.1 Å². The molecule has 0 spiro atoms. The maximum absolute atomic E-state index is 15.4. The van der Waals surface area contributed by atoms with Gasteiger partial charge in [-0.1, -0.05) is 24.3 Å². The molecule has 0 bridgehead atoms. The highest BCUT2D eigenvalue weighted by molar-refractivity contribution is 5.98. The van der Waals surface area contributed by atoms with Crippen LogP contribution in [0.1, 0.15) is 49.5 Å². The SMILES string of the molecule is COC(=O)c1cc(C(=O)OC)cc(-c2nc(-c3ccc(OC)c(F)c3)c(-c3ccc(OC)c(F)c3)n2Cc2ccc(C(=O)CCCOCCOCCN)cc2)c1. The van der Waals surface area contributed by atoms with Crippen molar-refractivity contribution in [3.63, 3.8) is 0 Å². The second-order valence-electron chi connectivity index (χ2n) is 12.4. The number of imidazole rings is 1. The van der Waals surface area contributed by atoms with Crippen LogP contribution < -0.4 is 15.2 Å². The van der Waals surface area contributed by atoms with Crippen molar-refractivity contribution >= 4 is 17.7 Å². The molecule has 294 valence electrons. The summed E-state index contributed by atoms with van der Waals surface area (Å²) in [5.74, 6) is -2.54. The topological polar surface area (TPSA) is 150 Å². The summed E-state index contributed by atoms with van der Waals surface area (Å²) < 4.78 is 63.5. The Kier molecular flexibility index (Phi) is 14.4. The molecule has 1 heterocycles. The smallest absolute Gasteiger partial charge is 0.337 e. The number of nitrogens with two attached hydrogens (primary N) is 1. The number of benzene rings is 4. The zero-order chi connectivity index (χ0) is 40.2. The second-order valence-corrected chi connectivity index (χ2v) is 12.4. The summed E-state index contributed by atoms with van der Waals surface area (Å²) in [6, 6.07) is 20.1. The standard InChI is InChI=1S/C42H43F2N3O9/c1-51-36-13-11-28(23-33(36)43)38-39(29-12-14-37(52-2)34(44)24-29)47(40(46-38)30-20-31(41(49)53-3)22-32(21-30)42(50)54-4)25-26-7-9-27(10-8-26)35(48)6-5-16-55-18-19-56-17-15-45/h7-14,20-24H,5-6,15-19,25,45H2,1-4H3. The summed E-state index contributed by atoms with van der Waals surface area (Å²) in [7, 11) is 5.12. The molecule has 5 rings (SSSR count). The molecule has 1 aromatic heterocycles. The molecule has 56 heavy (non-hydrogen) atoms. The summed E-state index contributed by atoms with van der Waals surface area (Å²) in [5.41, 5.74) is 8.37. The molecule has 0 saturated heterocycles. The fourth-order valence-electron chi connectivity index (χ4n) is 6.04. The first-order valence-electron chi connectivity index (χ1n) is 17.7. The van der Waals surface area contributed by atoms with Gasteiger partial charge in [0.15, 0.2) is 28.9 Å². The third-order valence-electron chi connectivity index (χ3n) is 8.79. The van der Waals surface area contributed by atoms with Gasteiger partial charge < -0.3 is 38.7 Å². The Hall–Kier alpha value is -5.96. The molecule has 0 saturated carbocycles. The van der Waals surface area contributed by atoms with Gasteiger partial charge in [0.2, 0.25) is 0 Å². The number of halogens is 2. The number of hydrogen-bond donors (Lipinski definition) is 1. The third-order valence-corrected chi connectivity index (χ3v) is 8.79. The van der Waals surface area contributed by atoms with E-state index in [0.717, 1.165) is 5.56 Å². The number of ether oxygens (including phenoxy) is 6. The first-order valence-corrected chi connectivity index (χ1v) is 17.7. The molecule has 12 nitrogen and oxygen atoms in total. The first-order chi connectivity index (χ1) is 27.1. The number of aromatic nitrogens is 2. The van der Waals surface area contributed by atoms with Gasteiger partial charge in [0.1, 0.15) is 5.82 Å². The average molecular weight is 772 g/mol. The van der Waals surface area contributed by atoms with Crippen LogP contribution in [0.15, 0.2) is 78.9 Å². The summed E-state index contributed by atoms with van der Waals surface area (Å²) in [6.07, 6.45) is 0.813. The first kappa shape index (κ1) is 41.2. The van der Waals surface area contributed by atoms with Gasteiger partial charge in [0.05, 0.1) is 70.8 Å². The lowest BCUT2D eigenvalue weighted by Gasteiger charge is -2.16. The predicted octanol–water partition coefficient (Wildman–Crippen LogP) is 6.76. The Bertz CT molecular complexity index is 2140. The van der Waals surface area contributed by atoms with Gasteiger partial charge in [-0.25, -0.2) is 23.4 Å². The molecular formula is C42H43F2N3O9. The Morgan fingerprint density at radius 1 is 0.661 bits per heavy atom. The highest BCUT2D eigenvalue weighted by atomic mass is 19.1. The van der Waals surface area contributed by atoms with Crippen LogP contribution in [-0.4, -0.2) is 88.7 Å². The number of hydrogen-bond acceptors (Lipinski definition) is 11. The van der Waals surface area contributed by atoms with E-state index < -0.39 is 23.6 Å². The lowest BCUT2D eigenvalue weighted by Crippen LogP contribution is -2.12. The van der Waals surface area contributed by atoms with Crippen LogP contribution in [0.2, 0.25) is 0 Å². The highest BCUT2D eigenvalue weighted by Gasteiger charge is 2.25. The van der Waals surface area contributed by atoms with Crippen molar-refractivity contribution in [1.29, 1.82) is 0 Å². The number of carbonyl (C=O) groups is 3. The minimum atomic E-state index is -0.714. The molecule has 4 aromatic carbocycles. The number of carbonyl (C=O) groups excluding carboxylic acids is 3. The molecule has 0 fully saturated rings. The van der Waals surface area contributed by atoms with Gasteiger partial charge in [-0.05, 0) is 66.6 Å². The van der Waals surface area contributed by atoms with Crippen LogP contribution in [0.4, 0.5) is 8.78 Å². The van der Waals surface area contributed by atoms with E-state index in [1.165, 1.54) is 70.9 Å². The fourth-order valence-corrected chi connectivity index (χ4v) is 6.04. The number of nitrogens with zero attached hydrogens (tertiary/aromatic N) is 2. The summed E-state index contributed by atoms with van der Waals surface area (Å²) in [6.45, 7) is 2.26. The van der Waals surface area contributed by atoms with E-state index in [0.29, 0.717) is 67.3 Å². The third kappa shape index (κ3) is 9.82. The van der Waals surface area contributed by atoms with E-state index in [9.17, 15) is 14.4 Å². The monoisotopic (exact) mass is 771 g/mol. The largest absolute Gasteiger partial charge is 0.494 e.